The molecule has 0 radical (unpaired) electrons. The first-order valence-corrected chi connectivity index (χ1v) is 9.80. The fourth-order valence-electron chi connectivity index (χ4n) is 3.13. The molecule has 0 saturated carbocycles. The summed E-state index contributed by atoms with van der Waals surface area (Å²) in [6.45, 7) is 5.34. The van der Waals surface area contributed by atoms with E-state index in [1.165, 1.54) is 19.3 Å². The fraction of sp³-hybridized carbons (Fsp3) is 0.455. The van der Waals surface area contributed by atoms with Gasteiger partial charge < -0.3 is 4.32 Å². The van der Waals surface area contributed by atoms with Gasteiger partial charge in [0.2, 0.25) is 0 Å². The average molecular weight is 352 g/mol. The third kappa shape index (κ3) is 6.08. The van der Waals surface area contributed by atoms with Crippen LogP contribution in [0.3, 0.4) is 0 Å². The topological polar surface area (TPSA) is 25.2 Å². The summed E-state index contributed by atoms with van der Waals surface area (Å²) in [5.41, 5.74) is 2.26. The highest BCUT2D eigenvalue weighted by molar-refractivity contribution is 6.59. The first-order valence-electron chi connectivity index (χ1n) is 9.80. The van der Waals surface area contributed by atoms with E-state index >= 15 is 0 Å². The molecule has 1 aromatic heterocycles. The number of nitrogens with zero attached hydrogens (tertiary/aromatic N) is 2. The van der Waals surface area contributed by atoms with E-state index in [0.29, 0.717) is 6.32 Å². The van der Waals surface area contributed by atoms with Gasteiger partial charge in [-0.3, -0.25) is 9.98 Å². The van der Waals surface area contributed by atoms with Crippen LogP contribution >= 0.6 is 0 Å². The summed E-state index contributed by atoms with van der Waals surface area (Å²) in [4.78, 5) is 8.87. The monoisotopic (exact) mass is 352 g/mol. The number of aromatic nitrogens is 1. The fourth-order valence-corrected chi connectivity index (χ4v) is 3.13. The molecule has 0 saturated heterocycles. The minimum Gasteiger partial charge on any atom is -0.330 e. The maximum Gasteiger partial charge on any atom is 0.376 e. The molecule has 1 aliphatic rings. The SMILES string of the molecule is CCCCCC/C(=C\C1(C)C=CN=C(c2ccccn2)C=C1)B(F)CC. The van der Waals surface area contributed by atoms with Gasteiger partial charge in [-0.05, 0) is 37.9 Å². The largest absolute Gasteiger partial charge is 0.376 e. The summed E-state index contributed by atoms with van der Waals surface area (Å²) in [7, 11) is 0. The van der Waals surface area contributed by atoms with Crippen molar-refractivity contribution in [2.45, 2.75) is 59.2 Å². The van der Waals surface area contributed by atoms with Gasteiger partial charge in [0.05, 0.1) is 11.4 Å². The molecule has 26 heavy (non-hydrogen) atoms. The van der Waals surface area contributed by atoms with Crippen molar-refractivity contribution in [2.75, 3.05) is 0 Å². The second-order valence-corrected chi connectivity index (χ2v) is 7.15. The van der Waals surface area contributed by atoms with E-state index < -0.39 is 6.99 Å². The lowest BCUT2D eigenvalue weighted by Crippen LogP contribution is -2.15. The summed E-state index contributed by atoms with van der Waals surface area (Å²) in [5.74, 6) is 0. The quantitative estimate of drug-likeness (QED) is 0.374. The maximum atomic E-state index is 14.5. The molecule has 0 aliphatic carbocycles. The summed E-state index contributed by atoms with van der Waals surface area (Å²) < 4.78 is 14.5. The lowest BCUT2D eigenvalue weighted by atomic mass is 9.58. The second-order valence-electron chi connectivity index (χ2n) is 7.15. The van der Waals surface area contributed by atoms with E-state index in [-0.39, 0.29) is 5.41 Å². The Morgan fingerprint density at radius 3 is 2.73 bits per heavy atom. The number of aliphatic imine (C=N–C) groups is 1. The van der Waals surface area contributed by atoms with E-state index in [2.05, 4.69) is 36.0 Å². The van der Waals surface area contributed by atoms with E-state index in [1.54, 1.807) is 6.20 Å². The molecule has 0 N–H and O–H groups in total. The Kier molecular flexibility index (Phi) is 8.02. The molecule has 2 rings (SSSR count). The van der Waals surface area contributed by atoms with Crippen molar-refractivity contribution in [2.24, 2.45) is 10.4 Å². The molecule has 0 aromatic carbocycles. The highest BCUT2D eigenvalue weighted by atomic mass is 19.1. The molecule has 138 valence electrons. The lowest BCUT2D eigenvalue weighted by molar-refractivity contribution is 0.654. The van der Waals surface area contributed by atoms with Crippen LogP contribution < -0.4 is 0 Å². The highest BCUT2D eigenvalue weighted by Gasteiger charge is 2.23. The van der Waals surface area contributed by atoms with Crippen LogP contribution in [0.25, 0.3) is 0 Å². The Morgan fingerprint density at radius 2 is 2.04 bits per heavy atom. The molecule has 4 heteroatoms. The number of allylic oxidation sites excluding steroid dienone is 5. The molecule has 0 amide bonds. The predicted octanol–water partition coefficient (Wildman–Crippen LogP) is 6.38. The maximum absolute atomic E-state index is 14.5. The van der Waals surface area contributed by atoms with Crippen molar-refractivity contribution >= 4 is 12.7 Å². The molecule has 0 bridgehead atoms. The van der Waals surface area contributed by atoms with Crippen LogP contribution in [0.4, 0.5) is 4.32 Å². The van der Waals surface area contributed by atoms with Gasteiger partial charge in [0.1, 0.15) is 0 Å². The Hall–Kier alpha value is -1.97. The molecule has 1 atom stereocenters. The van der Waals surface area contributed by atoms with Crippen molar-refractivity contribution in [3.63, 3.8) is 0 Å². The first kappa shape index (κ1) is 20.3. The molecular weight excluding hydrogens is 322 g/mol. The van der Waals surface area contributed by atoms with Crippen LogP contribution in [0.2, 0.25) is 6.32 Å². The Labute approximate surface area is 158 Å². The van der Waals surface area contributed by atoms with Crippen LogP contribution in [0.5, 0.6) is 0 Å². The summed E-state index contributed by atoms with van der Waals surface area (Å²) >= 11 is 0. The van der Waals surface area contributed by atoms with Crippen molar-refractivity contribution in [1.29, 1.82) is 0 Å². The number of pyridine rings is 1. The van der Waals surface area contributed by atoms with Crippen LogP contribution in [0, 0.1) is 5.41 Å². The minimum absolute atomic E-state index is 0.334. The molecule has 2 heterocycles. The van der Waals surface area contributed by atoms with Crippen LogP contribution in [0.15, 0.2) is 65.4 Å². The Balaban J connectivity index is 2.17. The van der Waals surface area contributed by atoms with E-state index in [9.17, 15) is 4.32 Å². The number of hydrogen-bond acceptors (Lipinski definition) is 2. The Morgan fingerprint density at radius 1 is 1.19 bits per heavy atom. The Bertz CT molecular complexity index is 679. The molecule has 1 unspecified atom stereocenters. The van der Waals surface area contributed by atoms with Crippen LogP contribution in [-0.2, 0) is 0 Å². The van der Waals surface area contributed by atoms with Crippen molar-refractivity contribution in [1.82, 2.24) is 4.98 Å². The van der Waals surface area contributed by atoms with Crippen molar-refractivity contribution in [3.05, 3.63) is 66.1 Å². The minimum atomic E-state index is -0.866. The lowest BCUT2D eigenvalue weighted by Gasteiger charge is -2.20. The van der Waals surface area contributed by atoms with Gasteiger partial charge in [-0.1, -0.05) is 69.3 Å². The zero-order chi connectivity index (χ0) is 18.8. The van der Waals surface area contributed by atoms with Gasteiger partial charge in [0.25, 0.3) is 0 Å². The number of halogens is 1. The number of rotatable bonds is 9. The summed E-state index contributed by atoms with van der Waals surface area (Å²) in [6, 6.07) is 5.79. The molecule has 1 aliphatic heterocycles. The van der Waals surface area contributed by atoms with E-state index in [1.807, 2.05) is 43.5 Å². The number of hydrogen-bond donors (Lipinski definition) is 0. The third-order valence-electron chi connectivity index (χ3n) is 4.75. The van der Waals surface area contributed by atoms with Crippen LogP contribution in [0.1, 0.15) is 58.6 Å². The zero-order valence-electron chi connectivity index (χ0n) is 16.3. The van der Waals surface area contributed by atoms with Crippen molar-refractivity contribution in [3.8, 4) is 0 Å². The average Bonchev–Trinajstić information content (AvgIpc) is 2.86. The zero-order valence-corrected chi connectivity index (χ0v) is 16.3. The van der Waals surface area contributed by atoms with Crippen LogP contribution in [-0.4, -0.2) is 17.7 Å². The molecule has 1 aromatic rings. The van der Waals surface area contributed by atoms with Gasteiger partial charge >= 0.3 is 6.99 Å². The highest BCUT2D eigenvalue weighted by Crippen LogP contribution is 2.30. The van der Waals surface area contributed by atoms with Gasteiger partial charge in [0, 0.05) is 17.8 Å². The predicted molar refractivity (Wildman–Crippen MR) is 111 cm³/mol. The normalized spacial score (nSPS) is 20.0. The molecule has 2 nitrogen and oxygen atoms in total. The van der Waals surface area contributed by atoms with Gasteiger partial charge in [-0.25, -0.2) is 0 Å². The smallest absolute Gasteiger partial charge is 0.330 e. The molecular formula is C22H30BFN2. The summed E-state index contributed by atoms with van der Waals surface area (Å²) in [5, 5.41) is 0. The van der Waals surface area contributed by atoms with E-state index in [0.717, 1.165) is 29.7 Å². The first-order chi connectivity index (χ1) is 12.6. The van der Waals surface area contributed by atoms with Gasteiger partial charge in [-0.2, -0.15) is 0 Å². The summed E-state index contributed by atoms with van der Waals surface area (Å²) in [6.07, 6.45) is 17.8. The standard InChI is InChI=1S/C22H30BFN2/c1-4-6-7-8-11-19(23(24)5-2)18-22(3)14-13-21(26-17-15-22)20-12-9-10-16-25-20/h9-10,12-18H,4-8,11H2,1-3H3/b19-18+. The third-order valence-corrected chi connectivity index (χ3v) is 4.75. The number of unbranched alkanes of at least 4 members (excludes halogenated alkanes) is 3. The van der Waals surface area contributed by atoms with Crippen molar-refractivity contribution < 1.29 is 4.32 Å². The van der Waals surface area contributed by atoms with Gasteiger partial charge in [0.15, 0.2) is 0 Å². The molecule has 0 fully saturated rings. The molecule has 0 spiro atoms. The van der Waals surface area contributed by atoms with E-state index in [4.69, 9.17) is 0 Å². The second kappa shape index (κ2) is 10.2. The van der Waals surface area contributed by atoms with Gasteiger partial charge in [-0.15, -0.1) is 0 Å².